The normalized spacial score (nSPS) is 12.2. The van der Waals surface area contributed by atoms with Crippen molar-refractivity contribution in [3.05, 3.63) is 93.6 Å². The molecule has 3 aromatic carbocycles. The molecule has 0 heterocycles. The fourth-order valence-electron chi connectivity index (χ4n) is 3.00. The Hall–Kier alpha value is -2.39. The average molecular weight is 534 g/mol. The van der Waals surface area contributed by atoms with Crippen molar-refractivity contribution in [3.63, 3.8) is 0 Å². The molecule has 3 aromatic rings. The Bertz CT molecular complexity index is 1100. The SMILES string of the molecule is Cc1ccc([C@@H](C)NC(=O)CN(c2ccc(I)cc2)S(=O)(=O)c2ccccc2)cc1. The lowest BCUT2D eigenvalue weighted by Gasteiger charge is -2.25. The summed E-state index contributed by atoms with van der Waals surface area (Å²) in [6.07, 6.45) is 0. The molecule has 1 atom stereocenters. The van der Waals surface area contributed by atoms with Crippen LogP contribution in [0, 0.1) is 10.5 Å². The Morgan fingerprint density at radius 2 is 1.57 bits per heavy atom. The summed E-state index contributed by atoms with van der Waals surface area (Å²) in [5.74, 6) is -0.374. The Labute approximate surface area is 191 Å². The number of hydrogen-bond acceptors (Lipinski definition) is 3. The number of benzene rings is 3. The van der Waals surface area contributed by atoms with Crippen LogP contribution in [-0.2, 0) is 14.8 Å². The first-order valence-electron chi connectivity index (χ1n) is 9.46. The summed E-state index contributed by atoms with van der Waals surface area (Å²) >= 11 is 2.16. The second-order valence-electron chi connectivity index (χ2n) is 7.00. The van der Waals surface area contributed by atoms with Crippen LogP contribution in [0.5, 0.6) is 0 Å². The Morgan fingerprint density at radius 1 is 0.967 bits per heavy atom. The number of nitrogens with one attached hydrogen (secondary N) is 1. The van der Waals surface area contributed by atoms with Gasteiger partial charge in [0, 0.05) is 3.57 Å². The van der Waals surface area contributed by atoms with Gasteiger partial charge in [0.15, 0.2) is 0 Å². The zero-order chi connectivity index (χ0) is 21.7. The lowest BCUT2D eigenvalue weighted by atomic mass is 10.1. The molecule has 1 amide bonds. The van der Waals surface area contributed by atoms with E-state index in [1.165, 1.54) is 12.1 Å². The van der Waals surface area contributed by atoms with E-state index in [-0.39, 0.29) is 23.4 Å². The smallest absolute Gasteiger partial charge is 0.264 e. The number of carbonyl (C=O) groups is 1. The predicted molar refractivity (Wildman–Crippen MR) is 128 cm³/mol. The average Bonchev–Trinajstić information content (AvgIpc) is 2.74. The van der Waals surface area contributed by atoms with Gasteiger partial charge >= 0.3 is 0 Å². The van der Waals surface area contributed by atoms with Crippen molar-refractivity contribution in [1.29, 1.82) is 0 Å². The van der Waals surface area contributed by atoms with Crippen LogP contribution in [0.1, 0.15) is 24.1 Å². The topological polar surface area (TPSA) is 66.5 Å². The van der Waals surface area contributed by atoms with Gasteiger partial charge in [0.25, 0.3) is 10.0 Å². The molecule has 3 rings (SSSR count). The Balaban J connectivity index is 1.86. The standard InChI is InChI=1S/C23H23IN2O3S/c1-17-8-10-19(11-9-17)18(2)25-23(27)16-26(21-14-12-20(24)13-15-21)30(28,29)22-6-4-3-5-7-22/h3-15,18H,16H2,1-2H3,(H,25,27)/t18-/m1/s1. The molecule has 1 N–H and O–H groups in total. The van der Waals surface area contributed by atoms with E-state index in [1.807, 2.05) is 50.2 Å². The lowest BCUT2D eigenvalue weighted by molar-refractivity contribution is -0.120. The third-order valence-electron chi connectivity index (χ3n) is 4.69. The van der Waals surface area contributed by atoms with Gasteiger partial charge in [-0.25, -0.2) is 8.42 Å². The van der Waals surface area contributed by atoms with Gasteiger partial charge in [0.05, 0.1) is 16.6 Å². The minimum absolute atomic E-state index is 0.142. The van der Waals surface area contributed by atoms with E-state index in [1.54, 1.807) is 30.3 Å². The molecular weight excluding hydrogens is 511 g/mol. The Kier molecular flexibility index (Phi) is 7.14. The van der Waals surface area contributed by atoms with Crippen LogP contribution < -0.4 is 9.62 Å². The quantitative estimate of drug-likeness (QED) is 0.448. The number of hydrogen-bond donors (Lipinski definition) is 1. The maximum atomic E-state index is 13.3. The number of aryl methyl sites for hydroxylation is 1. The molecule has 0 saturated heterocycles. The van der Waals surface area contributed by atoms with Gasteiger partial charge in [-0.1, -0.05) is 48.0 Å². The minimum atomic E-state index is -3.90. The van der Waals surface area contributed by atoms with Crippen molar-refractivity contribution < 1.29 is 13.2 Å². The van der Waals surface area contributed by atoms with Crippen LogP contribution in [0.15, 0.2) is 83.8 Å². The zero-order valence-corrected chi connectivity index (χ0v) is 19.7. The number of anilines is 1. The van der Waals surface area contributed by atoms with E-state index in [0.29, 0.717) is 5.69 Å². The van der Waals surface area contributed by atoms with E-state index in [0.717, 1.165) is 19.0 Å². The molecule has 0 aliphatic heterocycles. The van der Waals surface area contributed by atoms with Crippen molar-refractivity contribution >= 4 is 44.2 Å². The predicted octanol–water partition coefficient (Wildman–Crippen LogP) is 4.67. The highest BCUT2D eigenvalue weighted by Gasteiger charge is 2.27. The molecule has 0 fully saturated rings. The number of rotatable bonds is 7. The molecule has 5 nitrogen and oxygen atoms in total. The molecule has 0 aliphatic rings. The van der Waals surface area contributed by atoms with Crippen LogP contribution in [0.2, 0.25) is 0 Å². The summed E-state index contributed by atoms with van der Waals surface area (Å²) < 4.78 is 28.7. The molecule has 0 saturated carbocycles. The van der Waals surface area contributed by atoms with E-state index in [9.17, 15) is 13.2 Å². The van der Waals surface area contributed by atoms with E-state index < -0.39 is 10.0 Å². The van der Waals surface area contributed by atoms with Crippen molar-refractivity contribution in [3.8, 4) is 0 Å². The molecule has 7 heteroatoms. The fraction of sp³-hybridized carbons (Fsp3) is 0.174. The summed E-state index contributed by atoms with van der Waals surface area (Å²) in [6, 6.07) is 22.8. The third kappa shape index (κ3) is 5.40. The van der Waals surface area contributed by atoms with Crippen LogP contribution in [0.3, 0.4) is 0 Å². The summed E-state index contributed by atoms with van der Waals surface area (Å²) in [6.45, 7) is 3.57. The summed E-state index contributed by atoms with van der Waals surface area (Å²) in [5.41, 5.74) is 2.54. The maximum Gasteiger partial charge on any atom is 0.264 e. The monoisotopic (exact) mass is 534 g/mol. The number of carbonyl (C=O) groups excluding carboxylic acids is 1. The molecule has 0 spiro atoms. The van der Waals surface area contributed by atoms with Crippen molar-refractivity contribution in [2.75, 3.05) is 10.8 Å². The van der Waals surface area contributed by atoms with Crippen LogP contribution in [0.25, 0.3) is 0 Å². The molecule has 0 aliphatic carbocycles. The van der Waals surface area contributed by atoms with E-state index in [2.05, 4.69) is 27.9 Å². The molecular formula is C23H23IN2O3S. The maximum absolute atomic E-state index is 13.3. The first-order chi connectivity index (χ1) is 14.3. The first-order valence-corrected chi connectivity index (χ1v) is 12.0. The molecule has 0 aromatic heterocycles. The largest absolute Gasteiger partial charge is 0.348 e. The van der Waals surface area contributed by atoms with Crippen molar-refractivity contribution in [2.45, 2.75) is 24.8 Å². The van der Waals surface area contributed by atoms with Gasteiger partial charge in [-0.15, -0.1) is 0 Å². The molecule has 156 valence electrons. The molecule has 0 bridgehead atoms. The van der Waals surface area contributed by atoms with Gasteiger partial charge in [-0.3, -0.25) is 9.10 Å². The number of sulfonamides is 1. The Morgan fingerprint density at radius 3 is 2.17 bits per heavy atom. The number of nitrogens with zero attached hydrogens (tertiary/aromatic N) is 1. The highest BCUT2D eigenvalue weighted by atomic mass is 127. The van der Waals surface area contributed by atoms with Crippen molar-refractivity contribution in [1.82, 2.24) is 5.32 Å². The number of amides is 1. The number of halogens is 1. The van der Waals surface area contributed by atoms with Crippen LogP contribution in [0.4, 0.5) is 5.69 Å². The second-order valence-corrected chi connectivity index (χ2v) is 10.1. The van der Waals surface area contributed by atoms with E-state index >= 15 is 0 Å². The fourth-order valence-corrected chi connectivity index (χ4v) is 4.80. The first kappa shape index (κ1) is 22.3. The third-order valence-corrected chi connectivity index (χ3v) is 7.20. The second kappa shape index (κ2) is 9.61. The lowest BCUT2D eigenvalue weighted by Crippen LogP contribution is -2.41. The molecule has 0 radical (unpaired) electrons. The zero-order valence-electron chi connectivity index (χ0n) is 16.7. The summed E-state index contributed by atoms with van der Waals surface area (Å²) in [5, 5.41) is 2.90. The van der Waals surface area contributed by atoms with Gasteiger partial charge in [-0.2, -0.15) is 0 Å². The van der Waals surface area contributed by atoms with E-state index in [4.69, 9.17) is 0 Å². The molecule has 30 heavy (non-hydrogen) atoms. The van der Waals surface area contributed by atoms with Crippen LogP contribution >= 0.6 is 22.6 Å². The van der Waals surface area contributed by atoms with Crippen LogP contribution in [-0.4, -0.2) is 20.9 Å². The van der Waals surface area contributed by atoms with Gasteiger partial charge in [0.2, 0.25) is 5.91 Å². The minimum Gasteiger partial charge on any atom is -0.348 e. The summed E-state index contributed by atoms with van der Waals surface area (Å²) in [4.78, 5) is 12.9. The summed E-state index contributed by atoms with van der Waals surface area (Å²) in [7, 11) is -3.90. The molecule has 0 unspecified atom stereocenters. The van der Waals surface area contributed by atoms with Gasteiger partial charge < -0.3 is 5.32 Å². The van der Waals surface area contributed by atoms with Gasteiger partial charge in [0.1, 0.15) is 6.54 Å². The van der Waals surface area contributed by atoms with Crippen molar-refractivity contribution in [2.24, 2.45) is 0 Å². The highest BCUT2D eigenvalue weighted by molar-refractivity contribution is 14.1. The highest BCUT2D eigenvalue weighted by Crippen LogP contribution is 2.24. The van der Waals surface area contributed by atoms with Gasteiger partial charge in [-0.05, 0) is 78.4 Å².